The molecule has 92 valence electrons. The van der Waals surface area contributed by atoms with Crippen molar-refractivity contribution < 1.29 is 23.5 Å². The standard InChI is InChI=1S/C11H12O6/c1-4-8-11(17-7(3)13)10(14)9(5-15-8)16-6(2)12/h5H,4H2,1-3H3. The van der Waals surface area contributed by atoms with Crippen molar-refractivity contribution in [3.63, 3.8) is 0 Å². The fourth-order valence-corrected chi connectivity index (χ4v) is 1.19. The summed E-state index contributed by atoms with van der Waals surface area (Å²) >= 11 is 0. The second-order valence-corrected chi connectivity index (χ2v) is 3.22. The number of aryl methyl sites for hydroxylation is 1. The fraction of sp³-hybridized carbons (Fsp3) is 0.364. The van der Waals surface area contributed by atoms with Crippen LogP contribution >= 0.6 is 0 Å². The minimum absolute atomic E-state index is 0.223. The number of ether oxygens (including phenoxy) is 2. The highest BCUT2D eigenvalue weighted by Crippen LogP contribution is 2.19. The highest BCUT2D eigenvalue weighted by molar-refractivity contribution is 5.71. The van der Waals surface area contributed by atoms with Crippen molar-refractivity contribution in [2.45, 2.75) is 27.2 Å². The summed E-state index contributed by atoms with van der Waals surface area (Å²) in [6.45, 7) is 4.05. The van der Waals surface area contributed by atoms with E-state index in [1.165, 1.54) is 0 Å². The molecule has 1 rings (SSSR count). The maximum absolute atomic E-state index is 11.8. The van der Waals surface area contributed by atoms with E-state index in [1.807, 2.05) is 0 Å². The molecule has 17 heavy (non-hydrogen) atoms. The molecule has 0 saturated heterocycles. The normalized spacial score (nSPS) is 9.82. The van der Waals surface area contributed by atoms with Gasteiger partial charge in [-0.15, -0.1) is 0 Å². The van der Waals surface area contributed by atoms with Crippen LogP contribution < -0.4 is 14.9 Å². The van der Waals surface area contributed by atoms with Crippen molar-refractivity contribution in [2.24, 2.45) is 0 Å². The van der Waals surface area contributed by atoms with Crippen molar-refractivity contribution in [1.82, 2.24) is 0 Å². The van der Waals surface area contributed by atoms with Gasteiger partial charge in [0.15, 0.2) is 0 Å². The summed E-state index contributed by atoms with van der Waals surface area (Å²) in [5.74, 6) is -1.62. The van der Waals surface area contributed by atoms with Gasteiger partial charge in [-0.25, -0.2) is 0 Å². The van der Waals surface area contributed by atoms with Gasteiger partial charge < -0.3 is 13.9 Å². The van der Waals surface area contributed by atoms with Gasteiger partial charge in [-0.3, -0.25) is 14.4 Å². The van der Waals surface area contributed by atoms with Gasteiger partial charge in [-0.2, -0.15) is 0 Å². The fourth-order valence-electron chi connectivity index (χ4n) is 1.19. The van der Waals surface area contributed by atoms with Gasteiger partial charge in [0.2, 0.25) is 11.5 Å². The van der Waals surface area contributed by atoms with E-state index in [4.69, 9.17) is 9.15 Å². The van der Waals surface area contributed by atoms with Crippen LogP contribution in [0.25, 0.3) is 0 Å². The van der Waals surface area contributed by atoms with Gasteiger partial charge in [0.1, 0.15) is 12.0 Å². The maximum atomic E-state index is 11.8. The zero-order valence-electron chi connectivity index (χ0n) is 9.73. The topological polar surface area (TPSA) is 82.8 Å². The molecule has 0 N–H and O–H groups in total. The first-order valence-corrected chi connectivity index (χ1v) is 4.97. The summed E-state index contributed by atoms with van der Waals surface area (Å²) in [7, 11) is 0. The predicted octanol–water partition coefficient (Wildman–Crippen LogP) is 1.05. The average molecular weight is 240 g/mol. The van der Waals surface area contributed by atoms with Crippen molar-refractivity contribution in [1.29, 1.82) is 0 Å². The van der Waals surface area contributed by atoms with Gasteiger partial charge >= 0.3 is 11.9 Å². The predicted molar refractivity (Wildman–Crippen MR) is 57.0 cm³/mol. The zero-order valence-corrected chi connectivity index (χ0v) is 9.73. The van der Waals surface area contributed by atoms with Gasteiger partial charge in [0.05, 0.1) is 0 Å². The largest absolute Gasteiger partial charge is 0.461 e. The number of carbonyl (C=O) groups is 2. The molecule has 0 bridgehead atoms. The molecule has 1 heterocycles. The summed E-state index contributed by atoms with van der Waals surface area (Å²) in [5.41, 5.74) is -0.682. The van der Waals surface area contributed by atoms with Crippen LogP contribution in [0.3, 0.4) is 0 Å². The van der Waals surface area contributed by atoms with Crippen LogP contribution in [0.15, 0.2) is 15.5 Å². The Labute approximate surface area is 97.1 Å². The Morgan fingerprint density at radius 3 is 2.29 bits per heavy atom. The molecule has 0 aliphatic heterocycles. The van der Waals surface area contributed by atoms with Crippen molar-refractivity contribution >= 4 is 11.9 Å². The lowest BCUT2D eigenvalue weighted by Crippen LogP contribution is -2.17. The molecule has 0 unspecified atom stereocenters. The van der Waals surface area contributed by atoms with Gasteiger partial charge in [0, 0.05) is 20.3 Å². The van der Waals surface area contributed by atoms with Crippen LogP contribution in [0.4, 0.5) is 0 Å². The Balaban J connectivity index is 3.27. The third-order valence-corrected chi connectivity index (χ3v) is 1.81. The van der Waals surface area contributed by atoms with E-state index in [0.717, 1.165) is 20.1 Å². The number of hydrogen-bond acceptors (Lipinski definition) is 6. The molecule has 0 atom stereocenters. The highest BCUT2D eigenvalue weighted by Gasteiger charge is 2.17. The van der Waals surface area contributed by atoms with E-state index in [1.54, 1.807) is 6.92 Å². The lowest BCUT2D eigenvalue weighted by molar-refractivity contribution is -0.132. The number of esters is 2. The SMILES string of the molecule is CCc1occ(OC(C)=O)c(=O)c1OC(C)=O. The molecule has 0 radical (unpaired) electrons. The Morgan fingerprint density at radius 2 is 1.82 bits per heavy atom. The van der Waals surface area contributed by atoms with Crippen LogP contribution in [0.5, 0.6) is 11.5 Å². The molecule has 0 amide bonds. The first-order valence-electron chi connectivity index (χ1n) is 4.97. The molecule has 1 aromatic rings. The van der Waals surface area contributed by atoms with Crippen molar-refractivity contribution in [3.05, 3.63) is 22.2 Å². The third kappa shape index (κ3) is 3.17. The quantitative estimate of drug-likeness (QED) is 0.734. The molecule has 1 aromatic heterocycles. The smallest absolute Gasteiger partial charge is 0.308 e. The Hall–Kier alpha value is -2.11. The lowest BCUT2D eigenvalue weighted by atomic mass is 10.3. The molecule has 0 aliphatic rings. The molecule has 6 heteroatoms. The summed E-state index contributed by atoms with van der Waals surface area (Å²) in [4.78, 5) is 33.4. The second kappa shape index (κ2) is 5.29. The van der Waals surface area contributed by atoms with Crippen LogP contribution in [-0.2, 0) is 16.0 Å². The first kappa shape index (κ1) is 13.0. The van der Waals surface area contributed by atoms with Gasteiger partial charge in [0.25, 0.3) is 5.43 Å². The van der Waals surface area contributed by atoms with E-state index in [0.29, 0.717) is 6.42 Å². The van der Waals surface area contributed by atoms with Crippen molar-refractivity contribution in [3.8, 4) is 11.5 Å². The number of hydrogen-bond donors (Lipinski definition) is 0. The minimum atomic E-state index is -0.682. The third-order valence-electron chi connectivity index (χ3n) is 1.81. The Morgan fingerprint density at radius 1 is 1.24 bits per heavy atom. The monoisotopic (exact) mass is 240 g/mol. The van der Waals surface area contributed by atoms with E-state index in [-0.39, 0.29) is 17.3 Å². The van der Waals surface area contributed by atoms with E-state index in [2.05, 4.69) is 4.74 Å². The molecule has 0 fully saturated rings. The molecule has 0 aliphatic carbocycles. The molecular formula is C11H12O6. The van der Waals surface area contributed by atoms with E-state index in [9.17, 15) is 14.4 Å². The summed E-state index contributed by atoms with van der Waals surface area (Å²) < 4.78 is 14.4. The van der Waals surface area contributed by atoms with Crippen LogP contribution in [-0.4, -0.2) is 11.9 Å². The van der Waals surface area contributed by atoms with Gasteiger partial charge in [-0.1, -0.05) is 6.92 Å². The van der Waals surface area contributed by atoms with Crippen LogP contribution in [0.2, 0.25) is 0 Å². The number of rotatable bonds is 3. The summed E-state index contributed by atoms with van der Waals surface area (Å²) in [5, 5.41) is 0. The molecule has 6 nitrogen and oxygen atoms in total. The molecule has 0 spiro atoms. The second-order valence-electron chi connectivity index (χ2n) is 3.22. The highest BCUT2D eigenvalue weighted by atomic mass is 16.6. The van der Waals surface area contributed by atoms with Crippen LogP contribution in [0, 0.1) is 0 Å². The van der Waals surface area contributed by atoms with Crippen molar-refractivity contribution in [2.75, 3.05) is 0 Å². The number of carbonyl (C=O) groups excluding carboxylic acids is 2. The van der Waals surface area contributed by atoms with E-state index < -0.39 is 17.4 Å². The summed E-state index contributed by atoms with van der Waals surface area (Å²) in [6, 6.07) is 0. The Kier molecular flexibility index (Phi) is 4.03. The lowest BCUT2D eigenvalue weighted by Gasteiger charge is -2.07. The van der Waals surface area contributed by atoms with E-state index >= 15 is 0 Å². The minimum Gasteiger partial charge on any atom is -0.461 e. The molecular weight excluding hydrogens is 228 g/mol. The Bertz CT molecular complexity index is 499. The molecule has 0 saturated carbocycles. The zero-order chi connectivity index (χ0) is 13.0. The summed E-state index contributed by atoms with van der Waals surface area (Å²) in [6.07, 6.45) is 1.40. The molecule has 0 aromatic carbocycles. The average Bonchev–Trinajstić information content (AvgIpc) is 2.23. The van der Waals surface area contributed by atoms with Crippen LogP contribution in [0.1, 0.15) is 26.5 Å². The maximum Gasteiger partial charge on any atom is 0.308 e. The first-order chi connectivity index (χ1) is 7.95. The van der Waals surface area contributed by atoms with Gasteiger partial charge in [-0.05, 0) is 0 Å².